The van der Waals surface area contributed by atoms with Crippen molar-refractivity contribution in [2.24, 2.45) is 0 Å². The maximum atomic E-state index is 2.62. The van der Waals surface area contributed by atoms with Crippen LogP contribution in [0.3, 0.4) is 0 Å². The van der Waals surface area contributed by atoms with E-state index >= 15 is 0 Å². The standard InChI is InChI=1S/C10H21N/c1-4-6-7-9(3)11-8-10(11)5-2/h9-10H,4-8H2,1-3H3. The van der Waals surface area contributed by atoms with Crippen LogP contribution in [0, 0.1) is 0 Å². The molecular formula is C10H21N. The molecule has 3 atom stereocenters. The zero-order chi connectivity index (χ0) is 8.27. The summed E-state index contributed by atoms with van der Waals surface area (Å²) in [5.74, 6) is 0. The third-order valence-electron chi connectivity index (χ3n) is 2.77. The predicted molar refractivity (Wildman–Crippen MR) is 49.8 cm³/mol. The van der Waals surface area contributed by atoms with Gasteiger partial charge in [0, 0.05) is 18.6 Å². The number of hydrogen-bond acceptors (Lipinski definition) is 1. The topological polar surface area (TPSA) is 3.01 Å². The van der Waals surface area contributed by atoms with Crippen molar-refractivity contribution in [1.29, 1.82) is 0 Å². The summed E-state index contributed by atoms with van der Waals surface area (Å²) in [6, 6.07) is 1.78. The molecule has 0 aromatic carbocycles. The van der Waals surface area contributed by atoms with E-state index in [4.69, 9.17) is 0 Å². The van der Waals surface area contributed by atoms with Crippen LogP contribution in [0.1, 0.15) is 46.5 Å². The average Bonchev–Trinajstić information content (AvgIpc) is 2.78. The lowest BCUT2D eigenvalue weighted by atomic mass is 10.1. The van der Waals surface area contributed by atoms with E-state index in [-0.39, 0.29) is 0 Å². The summed E-state index contributed by atoms with van der Waals surface area (Å²) in [4.78, 5) is 2.62. The second kappa shape index (κ2) is 4.10. The second-order valence-corrected chi connectivity index (χ2v) is 3.75. The van der Waals surface area contributed by atoms with E-state index < -0.39 is 0 Å². The normalized spacial score (nSPS) is 31.9. The zero-order valence-corrected chi connectivity index (χ0v) is 8.14. The minimum Gasteiger partial charge on any atom is -0.295 e. The minimum atomic E-state index is 0.847. The molecule has 1 nitrogen and oxygen atoms in total. The van der Waals surface area contributed by atoms with E-state index in [9.17, 15) is 0 Å². The third-order valence-corrected chi connectivity index (χ3v) is 2.77. The van der Waals surface area contributed by atoms with E-state index in [1.807, 2.05) is 0 Å². The summed E-state index contributed by atoms with van der Waals surface area (Å²) in [6.07, 6.45) is 5.48. The summed E-state index contributed by atoms with van der Waals surface area (Å²) >= 11 is 0. The van der Waals surface area contributed by atoms with E-state index in [2.05, 4.69) is 25.7 Å². The SMILES string of the molecule is CCCCC(C)N1CC1CC. The number of nitrogens with zero attached hydrogens (tertiary/aromatic N) is 1. The average molecular weight is 155 g/mol. The van der Waals surface area contributed by atoms with Crippen molar-refractivity contribution in [3.05, 3.63) is 0 Å². The van der Waals surface area contributed by atoms with Crippen LogP contribution in [-0.2, 0) is 0 Å². The fourth-order valence-corrected chi connectivity index (χ4v) is 1.77. The van der Waals surface area contributed by atoms with Gasteiger partial charge in [0.1, 0.15) is 0 Å². The van der Waals surface area contributed by atoms with Gasteiger partial charge in [-0.2, -0.15) is 0 Å². The van der Waals surface area contributed by atoms with Gasteiger partial charge in [0.15, 0.2) is 0 Å². The monoisotopic (exact) mass is 155 g/mol. The Labute approximate surface area is 70.8 Å². The van der Waals surface area contributed by atoms with E-state index in [1.165, 1.54) is 32.2 Å². The van der Waals surface area contributed by atoms with Crippen molar-refractivity contribution in [2.45, 2.75) is 58.5 Å². The maximum absolute atomic E-state index is 2.62. The van der Waals surface area contributed by atoms with Crippen LogP contribution < -0.4 is 0 Å². The van der Waals surface area contributed by atoms with Gasteiger partial charge in [-0.15, -0.1) is 0 Å². The second-order valence-electron chi connectivity index (χ2n) is 3.75. The molecule has 0 aromatic rings. The van der Waals surface area contributed by atoms with Crippen molar-refractivity contribution >= 4 is 0 Å². The number of unbranched alkanes of at least 4 members (excludes halogenated alkanes) is 1. The van der Waals surface area contributed by atoms with Crippen molar-refractivity contribution in [3.8, 4) is 0 Å². The first-order valence-electron chi connectivity index (χ1n) is 5.05. The van der Waals surface area contributed by atoms with Crippen molar-refractivity contribution in [1.82, 2.24) is 4.90 Å². The van der Waals surface area contributed by atoms with Crippen LogP contribution in [0.15, 0.2) is 0 Å². The molecule has 0 radical (unpaired) electrons. The molecule has 0 amide bonds. The fourth-order valence-electron chi connectivity index (χ4n) is 1.77. The fraction of sp³-hybridized carbons (Fsp3) is 1.00. The van der Waals surface area contributed by atoms with Gasteiger partial charge >= 0.3 is 0 Å². The van der Waals surface area contributed by atoms with Crippen molar-refractivity contribution in [3.63, 3.8) is 0 Å². The first kappa shape index (κ1) is 9.05. The van der Waals surface area contributed by atoms with E-state index in [1.54, 1.807) is 0 Å². The molecule has 1 saturated heterocycles. The van der Waals surface area contributed by atoms with Gasteiger partial charge in [0.05, 0.1) is 0 Å². The summed E-state index contributed by atoms with van der Waals surface area (Å²) in [7, 11) is 0. The van der Waals surface area contributed by atoms with Crippen molar-refractivity contribution < 1.29 is 0 Å². The molecule has 66 valence electrons. The highest BCUT2D eigenvalue weighted by molar-refractivity contribution is 4.91. The molecule has 1 rings (SSSR count). The minimum absolute atomic E-state index is 0.847. The Balaban J connectivity index is 2.07. The van der Waals surface area contributed by atoms with Gasteiger partial charge in [0.25, 0.3) is 0 Å². The van der Waals surface area contributed by atoms with Crippen LogP contribution in [0.5, 0.6) is 0 Å². The van der Waals surface area contributed by atoms with Gasteiger partial charge in [-0.1, -0.05) is 26.7 Å². The first-order valence-corrected chi connectivity index (χ1v) is 5.05. The summed E-state index contributed by atoms with van der Waals surface area (Å²) in [5.41, 5.74) is 0. The first-order chi connectivity index (χ1) is 5.29. The van der Waals surface area contributed by atoms with Crippen LogP contribution in [0.4, 0.5) is 0 Å². The highest BCUT2D eigenvalue weighted by Gasteiger charge is 2.35. The Morgan fingerprint density at radius 2 is 2.18 bits per heavy atom. The van der Waals surface area contributed by atoms with Gasteiger partial charge in [-0.3, -0.25) is 4.90 Å². The Kier molecular flexibility index (Phi) is 3.38. The summed E-state index contributed by atoms with van der Waals surface area (Å²) < 4.78 is 0. The number of rotatable bonds is 5. The largest absolute Gasteiger partial charge is 0.295 e. The van der Waals surface area contributed by atoms with Crippen LogP contribution in [-0.4, -0.2) is 23.5 Å². The van der Waals surface area contributed by atoms with Crippen LogP contribution >= 0.6 is 0 Å². The molecular weight excluding hydrogens is 134 g/mol. The zero-order valence-electron chi connectivity index (χ0n) is 8.14. The number of hydrogen-bond donors (Lipinski definition) is 0. The lowest BCUT2D eigenvalue weighted by Gasteiger charge is -2.12. The molecule has 0 aromatic heterocycles. The lowest BCUT2D eigenvalue weighted by Crippen LogP contribution is -2.16. The van der Waals surface area contributed by atoms with Crippen molar-refractivity contribution in [2.75, 3.05) is 6.54 Å². The predicted octanol–water partition coefficient (Wildman–Crippen LogP) is 2.66. The van der Waals surface area contributed by atoms with E-state index in [0.717, 1.165) is 12.1 Å². The molecule has 1 aliphatic heterocycles. The molecule has 0 saturated carbocycles. The van der Waals surface area contributed by atoms with Gasteiger partial charge in [0.2, 0.25) is 0 Å². The molecule has 1 fully saturated rings. The summed E-state index contributed by atoms with van der Waals surface area (Å²) in [5, 5.41) is 0. The van der Waals surface area contributed by atoms with Crippen LogP contribution in [0.25, 0.3) is 0 Å². The molecule has 0 aliphatic carbocycles. The summed E-state index contributed by atoms with van der Waals surface area (Å²) in [6.45, 7) is 8.29. The molecule has 0 spiro atoms. The Hall–Kier alpha value is -0.0400. The molecule has 1 aliphatic rings. The molecule has 0 N–H and O–H groups in total. The quantitative estimate of drug-likeness (QED) is 0.552. The van der Waals surface area contributed by atoms with E-state index in [0.29, 0.717) is 0 Å². The third kappa shape index (κ3) is 2.48. The maximum Gasteiger partial charge on any atom is 0.0224 e. The molecule has 3 unspecified atom stereocenters. The van der Waals surface area contributed by atoms with Gasteiger partial charge in [-0.05, 0) is 19.8 Å². The Morgan fingerprint density at radius 1 is 1.45 bits per heavy atom. The van der Waals surface area contributed by atoms with Gasteiger partial charge in [-0.25, -0.2) is 0 Å². The molecule has 1 heterocycles. The Bertz CT molecular complexity index is 111. The van der Waals surface area contributed by atoms with Gasteiger partial charge < -0.3 is 0 Å². The highest BCUT2D eigenvalue weighted by atomic mass is 15.3. The highest BCUT2D eigenvalue weighted by Crippen LogP contribution is 2.25. The molecule has 11 heavy (non-hydrogen) atoms. The smallest absolute Gasteiger partial charge is 0.0224 e. The van der Waals surface area contributed by atoms with Crippen LogP contribution in [0.2, 0.25) is 0 Å². The lowest BCUT2D eigenvalue weighted by molar-refractivity contribution is 0.362. The molecule has 0 bridgehead atoms. The Morgan fingerprint density at radius 3 is 2.64 bits per heavy atom. The molecule has 1 heteroatoms.